The number of hydrogen-bond acceptors (Lipinski definition) is 5. The van der Waals surface area contributed by atoms with Crippen LogP contribution in [0.1, 0.15) is 18.1 Å². The first-order valence-corrected chi connectivity index (χ1v) is 10.2. The summed E-state index contributed by atoms with van der Waals surface area (Å²) >= 11 is 7.37. The summed E-state index contributed by atoms with van der Waals surface area (Å²) < 4.78 is 0. The third-order valence-electron chi connectivity index (χ3n) is 4.32. The molecule has 7 heteroatoms. The van der Waals surface area contributed by atoms with Gasteiger partial charge in [0.1, 0.15) is 6.04 Å². The minimum absolute atomic E-state index is 0.303. The average Bonchev–Trinajstić information content (AvgIpc) is 3.13. The number of carbonyl (C=O) groups excluding carboxylic acids is 1. The van der Waals surface area contributed by atoms with Crippen LogP contribution in [0.3, 0.4) is 0 Å². The van der Waals surface area contributed by atoms with Crippen molar-refractivity contribution < 1.29 is 9.90 Å². The van der Waals surface area contributed by atoms with Gasteiger partial charge in [-0.3, -0.25) is 4.79 Å². The fourth-order valence-electron chi connectivity index (χ4n) is 2.81. The summed E-state index contributed by atoms with van der Waals surface area (Å²) in [5, 5.41) is 19.1. The largest absolute Gasteiger partial charge is 0.391 e. The molecule has 3 N–H and O–H groups in total. The fourth-order valence-corrected chi connectivity index (χ4v) is 3.77. The van der Waals surface area contributed by atoms with Crippen molar-refractivity contribution in [3.05, 3.63) is 70.1 Å². The second-order valence-corrected chi connectivity index (χ2v) is 7.86. The maximum atomic E-state index is 12.6. The molecule has 0 saturated heterocycles. The van der Waals surface area contributed by atoms with Crippen LogP contribution >= 0.6 is 22.9 Å². The standard InChI is InChI=1S/C21H22ClN3O2S/c1-13-6-3-4-9-17(13)18-12-28-21(24-18)25-19(14(2)26)20(27)23-11-15-7-5-8-16(22)10-15/h3-10,12,14,19,26H,11H2,1-2H3,(H,23,27)(H,24,25)/t14-,19+/m1/s1. The number of amides is 1. The SMILES string of the molecule is Cc1ccccc1-c1csc(N[C@H](C(=O)NCc2cccc(Cl)c2)[C@@H](C)O)n1. The van der Waals surface area contributed by atoms with Crippen LogP contribution < -0.4 is 10.6 Å². The number of aliphatic hydroxyl groups excluding tert-OH is 1. The van der Waals surface area contributed by atoms with E-state index in [1.54, 1.807) is 19.1 Å². The van der Waals surface area contributed by atoms with Gasteiger partial charge in [-0.2, -0.15) is 0 Å². The van der Waals surface area contributed by atoms with Crippen LogP contribution in [-0.2, 0) is 11.3 Å². The van der Waals surface area contributed by atoms with Crippen molar-refractivity contribution in [2.24, 2.45) is 0 Å². The number of aliphatic hydroxyl groups is 1. The molecule has 5 nitrogen and oxygen atoms in total. The fraction of sp³-hybridized carbons (Fsp3) is 0.238. The quantitative estimate of drug-likeness (QED) is 0.539. The summed E-state index contributed by atoms with van der Waals surface area (Å²) in [5.74, 6) is -0.303. The van der Waals surface area contributed by atoms with Crippen molar-refractivity contribution in [1.29, 1.82) is 0 Å². The van der Waals surface area contributed by atoms with Crippen LogP contribution in [-0.4, -0.2) is 28.1 Å². The van der Waals surface area contributed by atoms with Crippen molar-refractivity contribution in [2.75, 3.05) is 5.32 Å². The Bertz CT molecular complexity index is 958. The Morgan fingerprint density at radius 1 is 1.25 bits per heavy atom. The molecule has 0 bridgehead atoms. The van der Waals surface area contributed by atoms with E-state index in [0.717, 1.165) is 22.4 Å². The van der Waals surface area contributed by atoms with Gasteiger partial charge in [0.2, 0.25) is 5.91 Å². The summed E-state index contributed by atoms with van der Waals surface area (Å²) in [5.41, 5.74) is 3.91. The van der Waals surface area contributed by atoms with Crippen molar-refractivity contribution in [1.82, 2.24) is 10.3 Å². The Balaban J connectivity index is 1.68. The Morgan fingerprint density at radius 2 is 2.04 bits per heavy atom. The Kier molecular flexibility index (Phi) is 6.67. The lowest BCUT2D eigenvalue weighted by atomic mass is 10.1. The van der Waals surface area contributed by atoms with E-state index >= 15 is 0 Å². The second kappa shape index (κ2) is 9.19. The number of nitrogens with zero attached hydrogens (tertiary/aromatic N) is 1. The highest BCUT2D eigenvalue weighted by Gasteiger charge is 2.24. The van der Waals surface area contributed by atoms with Crippen LogP contribution in [0.2, 0.25) is 5.02 Å². The zero-order valence-electron chi connectivity index (χ0n) is 15.6. The van der Waals surface area contributed by atoms with Gasteiger partial charge in [-0.25, -0.2) is 4.98 Å². The van der Waals surface area contributed by atoms with Gasteiger partial charge in [0.05, 0.1) is 11.8 Å². The molecule has 0 aliphatic rings. The summed E-state index contributed by atoms with van der Waals surface area (Å²) in [4.78, 5) is 17.2. The second-order valence-electron chi connectivity index (χ2n) is 6.56. The normalized spacial score (nSPS) is 13.0. The molecule has 1 amide bonds. The van der Waals surface area contributed by atoms with E-state index in [9.17, 15) is 9.90 Å². The van der Waals surface area contributed by atoms with Crippen LogP contribution in [0.15, 0.2) is 53.9 Å². The number of anilines is 1. The topological polar surface area (TPSA) is 74.2 Å². The number of aromatic nitrogens is 1. The van der Waals surface area contributed by atoms with Crippen molar-refractivity contribution in [2.45, 2.75) is 32.5 Å². The molecule has 0 unspecified atom stereocenters. The number of benzene rings is 2. The molecule has 2 atom stereocenters. The van der Waals surface area contributed by atoms with Crippen LogP contribution in [0, 0.1) is 6.92 Å². The van der Waals surface area contributed by atoms with E-state index in [1.165, 1.54) is 11.3 Å². The summed E-state index contributed by atoms with van der Waals surface area (Å²) in [7, 11) is 0. The lowest BCUT2D eigenvalue weighted by Crippen LogP contribution is -2.45. The van der Waals surface area contributed by atoms with Gasteiger partial charge in [0.15, 0.2) is 5.13 Å². The highest BCUT2D eigenvalue weighted by atomic mass is 35.5. The van der Waals surface area contributed by atoms with E-state index in [1.807, 2.05) is 48.7 Å². The Morgan fingerprint density at radius 3 is 2.75 bits per heavy atom. The van der Waals surface area contributed by atoms with Gasteiger partial charge >= 0.3 is 0 Å². The molecule has 0 fully saturated rings. The first-order valence-electron chi connectivity index (χ1n) is 8.92. The van der Waals surface area contributed by atoms with Gasteiger partial charge in [-0.1, -0.05) is 48.0 Å². The maximum absolute atomic E-state index is 12.6. The van der Waals surface area contributed by atoms with Gasteiger partial charge in [0, 0.05) is 22.5 Å². The average molecular weight is 416 g/mol. The Labute approximate surface area is 173 Å². The van der Waals surface area contributed by atoms with E-state index in [-0.39, 0.29) is 5.91 Å². The summed E-state index contributed by atoms with van der Waals surface area (Å²) in [6.07, 6.45) is -0.884. The summed E-state index contributed by atoms with van der Waals surface area (Å²) in [6.45, 7) is 3.94. The molecule has 146 valence electrons. The minimum atomic E-state index is -0.884. The third kappa shape index (κ3) is 5.10. The molecular formula is C21H22ClN3O2S. The maximum Gasteiger partial charge on any atom is 0.245 e. The molecule has 0 aliphatic heterocycles. The number of nitrogens with one attached hydrogen (secondary N) is 2. The molecule has 1 heterocycles. The van der Waals surface area contributed by atoms with Gasteiger partial charge in [0.25, 0.3) is 0 Å². The molecule has 1 aromatic heterocycles. The van der Waals surface area contributed by atoms with Crippen LogP contribution in [0.25, 0.3) is 11.3 Å². The number of rotatable bonds is 7. The number of thiazole rings is 1. The molecule has 0 aliphatic carbocycles. The lowest BCUT2D eigenvalue weighted by Gasteiger charge is -2.20. The van der Waals surface area contributed by atoms with Crippen molar-refractivity contribution in [3.63, 3.8) is 0 Å². The molecule has 28 heavy (non-hydrogen) atoms. The zero-order chi connectivity index (χ0) is 20.1. The lowest BCUT2D eigenvalue weighted by molar-refractivity contribution is -0.123. The van der Waals surface area contributed by atoms with Crippen LogP contribution in [0.5, 0.6) is 0 Å². The van der Waals surface area contributed by atoms with Gasteiger partial charge in [-0.05, 0) is 37.1 Å². The number of hydrogen-bond donors (Lipinski definition) is 3. The van der Waals surface area contributed by atoms with Crippen molar-refractivity contribution in [3.8, 4) is 11.3 Å². The molecule has 0 radical (unpaired) electrons. The predicted molar refractivity (Wildman–Crippen MR) is 115 cm³/mol. The zero-order valence-corrected chi connectivity index (χ0v) is 17.2. The monoisotopic (exact) mass is 415 g/mol. The molecule has 3 rings (SSSR count). The third-order valence-corrected chi connectivity index (χ3v) is 5.33. The minimum Gasteiger partial charge on any atom is -0.391 e. The molecule has 2 aromatic carbocycles. The van der Waals surface area contributed by atoms with E-state index < -0.39 is 12.1 Å². The number of carbonyl (C=O) groups is 1. The molecular weight excluding hydrogens is 394 g/mol. The van der Waals surface area contributed by atoms with Gasteiger partial charge in [-0.15, -0.1) is 11.3 Å². The number of aryl methyl sites for hydroxylation is 1. The Hall–Kier alpha value is -2.41. The number of halogens is 1. The first-order chi connectivity index (χ1) is 13.4. The molecule has 0 spiro atoms. The van der Waals surface area contributed by atoms with Crippen molar-refractivity contribution >= 4 is 34.0 Å². The van der Waals surface area contributed by atoms with E-state index in [2.05, 4.69) is 15.6 Å². The highest BCUT2D eigenvalue weighted by molar-refractivity contribution is 7.14. The highest BCUT2D eigenvalue weighted by Crippen LogP contribution is 2.27. The van der Waals surface area contributed by atoms with Crippen LogP contribution in [0.4, 0.5) is 5.13 Å². The summed E-state index contributed by atoms with van der Waals surface area (Å²) in [6, 6.07) is 14.5. The van der Waals surface area contributed by atoms with E-state index in [0.29, 0.717) is 16.7 Å². The van der Waals surface area contributed by atoms with E-state index in [4.69, 9.17) is 11.6 Å². The molecule has 0 saturated carbocycles. The molecule has 3 aromatic rings. The first kappa shape index (κ1) is 20.3. The predicted octanol–water partition coefficient (Wildman–Crippen LogP) is 4.25. The smallest absolute Gasteiger partial charge is 0.245 e. The van der Waals surface area contributed by atoms with Gasteiger partial charge < -0.3 is 15.7 Å².